The zero-order valence-corrected chi connectivity index (χ0v) is 12.9. The molecule has 1 heterocycles. The van der Waals surface area contributed by atoms with Crippen LogP contribution in [0.3, 0.4) is 0 Å². The van der Waals surface area contributed by atoms with Crippen LogP contribution in [0.4, 0.5) is 19.7 Å². The quantitative estimate of drug-likeness (QED) is 0.675. The number of carbonyl (C=O) groups is 1. The Bertz CT molecular complexity index is 452. The SMILES string of the molecule is CCN(CC)c1nc(N)c(C(=O)NCCOCC(F)F)s1. The molecule has 0 aliphatic rings. The lowest BCUT2D eigenvalue weighted by Crippen LogP contribution is -2.27. The molecule has 0 atom stereocenters. The molecule has 0 aliphatic heterocycles. The normalized spacial score (nSPS) is 10.9. The van der Waals surface area contributed by atoms with Crippen molar-refractivity contribution in [1.29, 1.82) is 0 Å². The Hall–Kier alpha value is -1.48. The van der Waals surface area contributed by atoms with E-state index in [1.807, 2.05) is 18.7 Å². The summed E-state index contributed by atoms with van der Waals surface area (Å²) in [4.78, 5) is 18.4. The molecule has 0 aliphatic carbocycles. The largest absolute Gasteiger partial charge is 0.382 e. The van der Waals surface area contributed by atoms with Crippen LogP contribution < -0.4 is 16.0 Å². The third kappa shape index (κ3) is 5.43. The van der Waals surface area contributed by atoms with Gasteiger partial charge in [-0.05, 0) is 13.8 Å². The first-order chi connectivity index (χ1) is 9.99. The van der Waals surface area contributed by atoms with Gasteiger partial charge in [0.15, 0.2) is 5.13 Å². The minimum atomic E-state index is -2.51. The monoisotopic (exact) mass is 322 g/mol. The lowest BCUT2D eigenvalue weighted by atomic mass is 10.4. The van der Waals surface area contributed by atoms with Crippen LogP contribution in [0.15, 0.2) is 0 Å². The maximum atomic E-state index is 11.9. The topological polar surface area (TPSA) is 80.5 Å². The Morgan fingerprint density at radius 3 is 2.71 bits per heavy atom. The number of nitrogens with two attached hydrogens (primary N) is 1. The standard InChI is InChI=1S/C12H20F2N4O2S/c1-3-18(4-2)12-17-10(15)9(21-12)11(19)16-5-6-20-7-8(13)14/h8H,3-7,15H2,1-2H3,(H,16,19). The number of ether oxygens (including phenoxy) is 1. The lowest BCUT2D eigenvalue weighted by molar-refractivity contribution is 0.0188. The second-order valence-electron chi connectivity index (χ2n) is 4.10. The van der Waals surface area contributed by atoms with Gasteiger partial charge in [0.2, 0.25) is 0 Å². The van der Waals surface area contributed by atoms with Crippen LogP contribution in [0.25, 0.3) is 0 Å². The molecule has 1 aromatic heterocycles. The van der Waals surface area contributed by atoms with Gasteiger partial charge in [0, 0.05) is 19.6 Å². The van der Waals surface area contributed by atoms with E-state index in [1.165, 1.54) is 11.3 Å². The molecule has 0 radical (unpaired) electrons. The van der Waals surface area contributed by atoms with Gasteiger partial charge in [0.05, 0.1) is 6.61 Å². The van der Waals surface area contributed by atoms with E-state index in [9.17, 15) is 13.6 Å². The maximum Gasteiger partial charge on any atom is 0.265 e. The third-order valence-corrected chi connectivity index (χ3v) is 3.79. The number of amides is 1. The highest BCUT2D eigenvalue weighted by Gasteiger charge is 2.18. The highest BCUT2D eigenvalue weighted by Crippen LogP contribution is 2.27. The van der Waals surface area contributed by atoms with Crippen LogP contribution in [-0.2, 0) is 4.74 Å². The summed E-state index contributed by atoms with van der Waals surface area (Å²) in [5.74, 6) is -0.197. The molecule has 0 unspecified atom stereocenters. The van der Waals surface area contributed by atoms with Crippen LogP contribution >= 0.6 is 11.3 Å². The first-order valence-electron chi connectivity index (χ1n) is 6.64. The molecule has 120 valence electrons. The van der Waals surface area contributed by atoms with Gasteiger partial charge >= 0.3 is 0 Å². The first kappa shape index (κ1) is 17.6. The predicted octanol–water partition coefficient (Wildman–Crippen LogP) is 1.58. The minimum Gasteiger partial charge on any atom is -0.382 e. The summed E-state index contributed by atoms with van der Waals surface area (Å²) in [5.41, 5.74) is 5.74. The molecule has 6 nitrogen and oxygen atoms in total. The minimum absolute atomic E-state index is 0.0255. The van der Waals surface area contributed by atoms with Crippen LogP contribution in [0.1, 0.15) is 23.5 Å². The van der Waals surface area contributed by atoms with Crippen LogP contribution in [-0.4, -0.2) is 50.2 Å². The number of nitrogens with zero attached hydrogens (tertiary/aromatic N) is 2. The summed E-state index contributed by atoms with van der Waals surface area (Å²) in [6.45, 7) is 5.05. The number of thiazole rings is 1. The number of hydrogen-bond donors (Lipinski definition) is 2. The Morgan fingerprint density at radius 2 is 2.14 bits per heavy atom. The number of halogens is 2. The second-order valence-corrected chi connectivity index (χ2v) is 5.08. The fourth-order valence-electron chi connectivity index (χ4n) is 1.60. The van der Waals surface area contributed by atoms with Crippen molar-refractivity contribution in [3.05, 3.63) is 4.88 Å². The molecule has 1 rings (SSSR count). The van der Waals surface area contributed by atoms with Gasteiger partial charge in [-0.2, -0.15) is 0 Å². The number of anilines is 2. The first-order valence-corrected chi connectivity index (χ1v) is 7.46. The highest BCUT2D eigenvalue weighted by molar-refractivity contribution is 7.18. The van der Waals surface area contributed by atoms with E-state index in [1.54, 1.807) is 0 Å². The molecular formula is C12H20F2N4O2S. The van der Waals surface area contributed by atoms with E-state index >= 15 is 0 Å². The molecule has 1 amide bonds. The third-order valence-electron chi connectivity index (χ3n) is 2.66. The molecule has 0 saturated carbocycles. The van der Waals surface area contributed by atoms with Gasteiger partial charge in [0.25, 0.3) is 12.3 Å². The van der Waals surface area contributed by atoms with E-state index in [2.05, 4.69) is 15.0 Å². The fourth-order valence-corrected chi connectivity index (χ4v) is 2.63. The average molecular weight is 322 g/mol. The van der Waals surface area contributed by atoms with E-state index in [4.69, 9.17) is 5.73 Å². The lowest BCUT2D eigenvalue weighted by Gasteiger charge is -2.16. The molecule has 0 fully saturated rings. The van der Waals surface area contributed by atoms with Crippen molar-refractivity contribution in [2.75, 3.05) is 43.5 Å². The van der Waals surface area contributed by atoms with E-state index in [0.717, 1.165) is 13.1 Å². The summed E-state index contributed by atoms with van der Waals surface area (Å²) in [5, 5.41) is 3.26. The summed E-state index contributed by atoms with van der Waals surface area (Å²) >= 11 is 1.21. The van der Waals surface area contributed by atoms with Gasteiger partial charge < -0.3 is 20.7 Å². The van der Waals surface area contributed by atoms with Gasteiger partial charge in [-0.25, -0.2) is 13.8 Å². The average Bonchev–Trinajstić information content (AvgIpc) is 2.81. The van der Waals surface area contributed by atoms with Crippen molar-refractivity contribution < 1.29 is 18.3 Å². The van der Waals surface area contributed by atoms with Crippen molar-refractivity contribution in [1.82, 2.24) is 10.3 Å². The summed E-state index contributed by atoms with van der Waals surface area (Å²) in [6, 6.07) is 0. The van der Waals surface area contributed by atoms with Gasteiger partial charge in [-0.15, -0.1) is 0 Å². The number of nitrogen functional groups attached to an aromatic ring is 1. The van der Waals surface area contributed by atoms with E-state index in [0.29, 0.717) is 10.0 Å². The smallest absolute Gasteiger partial charge is 0.265 e. The summed E-state index contributed by atoms with van der Waals surface area (Å²) in [7, 11) is 0. The number of hydrogen-bond acceptors (Lipinski definition) is 6. The molecule has 0 bridgehead atoms. The van der Waals surface area contributed by atoms with Crippen molar-refractivity contribution >= 4 is 28.2 Å². The summed E-state index contributed by atoms with van der Waals surface area (Å²) in [6.07, 6.45) is -2.51. The number of alkyl halides is 2. The molecule has 9 heteroatoms. The Balaban J connectivity index is 2.50. The van der Waals surface area contributed by atoms with Gasteiger partial charge in [0.1, 0.15) is 17.3 Å². The maximum absolute atomic E-state index is 11.9. The van der Waals surface area contributed by atoms with Crippen molar-refractivity contribution in [3.8, 4) is 0 Å². The number of rotatable bonds is 9. The second kappa shape index (κ2) is 8.73. The Morgan fingerprint density at radius 1 is 1.48 bits per heavy atom. The predicted molar refractivity (Wildman–Crippen MR) is 79.2 cm³/mol. The molecule has 1 aromatic rings. The molecular weight excluding hydrogens is 302 g/mol. The molecule has 21 heavy (non-hydrogen) atoms. The number of carbonyl (C=O) groups excluding carboxylic acids is 1. The number of nitrogens with one attached hydrogen (secondary N) is 1. The highest BCUT2D eigenvalue weighted by atomic mass is 32.1. The van der Waals surface area contributed by atoms with Gasteiger partial charge in [-0.1, -0.05) is 11.3 Å². The molecule has 3 N–H and O–H groups in total. The molecule has 0 saturated heterocycles. The van der Waals surface area contributed by atoms with Crippen LogP contribution in [0, 0.1) is 0 Å². The zero-order valence-electron chi connectivity index (χ0n) is 12.1. The van der Waals surface area contributed by atoms with Crippen molar-refractivity contribution in [2.24, 2.45) is 0 Å². The fraction of sp³-hybridized carbons (Fsp3) is 0.667. The van der Waals surface area contributed by atoms with E-state index < -0.39 is 13.0 Å². The zero-order chi connectivity index (χ0) is 15.8. The van der Waals surface area contributed by atoms with Gasteiger partial charge in [-0.3, -0.25) is 4.79 Å². The number of aromatic nitrogens is 1. The molecule has 0 spiro atoms. The summed E-state index contributed by atoms with van der Waals surface area (Å²) < 4.78 is 28.4. The van der Waals surface area contributed by atoms with Crippen LogP contribution in [0.2, 0.25) is 0 Å². The van der Waals surface area contributed by atoms with Crippen molar-refractivity contribution in [2.45, 2.75) is 20.3 Å². The van der Waals surface area contributed by atoms with Crippen molar-refractivity contribution in [3.63, 3.8) is 0 Å². The molecule has 0 aromatic carbocycles. The Labute approximate surface area is 126 Å². The van der Waals surface area contributed by atoms with Crippen LogP contribution in [0.5, 0.6) is 0 Å². The Kier molecular flexibility index (Phi) is 7.30. The van der Waals surface area contributed by atoms with E-state index in [-0.39, 0.29) is 24.9 Å².